The molecule has 3 nitrogen and oxygen atoms in total. The molecule has 17 heavy (non-hydrogen) atoms. The van der Waals surface area contributed by atoms with Gasteiger partial charge in [-0.1, -0.05) is 13.3 Å². The first-order chi connectivity index (χ1) is 8.15. The highest BCUT2D eigenvalue weighted by Crippen LogP contribution is 2.37. The van der Waals surface area contributed by atoms with Gasteiger partial charge in [0, 0.05) is 6.42 Å². The quantitative estimate of drug-likeness (QED) is 0.749. The van der Waals surface area contributed by atoms with E-state index in [0.717, 1.165) is 12.8 Å². The summed E-state index contributed by atoms with van der Waals surface area (Å²) in [5.41, 5.74) is 0.605. The number of halogens is 1. The van der Waals surface area contributed by atoms with E-state index in [1.165, 1.54) is 0 Å². The lowest BCUT2D eigenvalue weighted by molar-refractivity contribution is 0.0976. The fourth-order valence-electron chi connectivity index (χ4n) is 1.59. The number of ketones is 1. The van der Waals surface area contributed by atoms with E-state index in [1.807, 2.05) is 0 Å². The zero-order valence-electron chi connectivity index (χ0n) is 10.4. The Labute approximate surface area is 110 Å². The van der Waals surface area contributed by atoms with Crippen molar-refractivity contribution in [1.29, 1.82) is 0 Å². The van der Waals surface area contributed by atoms with Crippen LogP contribution < -0.4 is 9.47 Å². The summed E-state index contributed by atoms with van der Waals surface area (Å²) in [6.07, 6.45) is 2.45. The van der Waals surface area contributed by atoms with Gasteiger partial charge in [0.25, 0.3) is 0 Å². The van der Waals surface area contributed by atoms with Gasteiger partial charge in [-0.05, 0) is 34.5 Å². The maximum absolute atomic E-state index is 12.0. The summed E-state index contributed by atoms with van der Waals surface area (Å²) in [5, 5.41) is 0. The van der Waals surface area contributed by atoms with Crippen molar-refractivity contribution in [2.75, 3.05) is 14.2 Å². The Hall–Kier alpha value is -1.03. The van der Waals surface area contributed by atoms with Gasteiger partial charge in [-0.3, -0.25) is 4.79 Å². The number of benzene rings is 1. The number of ether oxygens (including phenoxy) is 2. The number of unbranched alkanes of at least 4 members (excludes halogenated alkanes) is 1. The van der Waals surface area contributed by atoms with Crippen LogP contribution in [0.4, 0.5) is 0 Å². The minimum absolute atomic E-state index is 0.104. The molecule has 0 aliphatic carbocycles. The number of carbonyl (C=O) groups excluding carboxylic acids is 1. The van der Waals surface area contributed by atoms with Gasteiger partial charge in [-0.2, -0.15) is 0 Å². The van der Waals surface area contributed by atoms with Gasteiger partial charge in [0.1, 0.15) is 16.0 Å². The van der Waals surface area contributed by atoms with Gasteiger partial charge in [-0.25, -0.2) is 0 Å². The first kappa shape index (κ1) is 14.0. The summed E-state index contributed by atoms with van der Waals surface area (Å²) in [4.78, 5) is 12.0. The number of rotatable bonds is 6. The monoisotopic (exact) mass is 300 g/mol. The van der Waals surface area contributed by atoms with Crippen LogP contribution in [0, 0.1) is 0 Å². The van der Waals surface area contributed by atoms with Gasteiger partial charge in [0.05, 0.1) is 19.8 Å². The van der Waals surface area contributed by atoms with E-state index in [1.54, 1.807) is 26.4 Å². The third kappa shape index (κ3) is 3.22. The lowest BCUT2D eigenvalue weighted by Crippen LogP contribution is -2.03. The molecule has 0 fully saturated rings. The Morgan fingerprint density at radius 2 is 2.00 bits per heavy atom. The molecule has 0 unspecified atom stereocenters. The second-order valence-corrected chi connectivity index (χ2v) is 4.48. The summed E-state index contributed by atoms with van der Waals surface area (Å²) in [6, 6.07) is 3.52. The predicted molar refractivity (Wildman–Crippen MR) is 71.1 cm³/mol. The van der Waals surface area contributed by atoms with Crippen molar-refractivity contribution in [2.45, 2.75) is 26.2 Å². The second-order valence-electron chi connectivity index (χ2n) is 3.69. The third-order valence-corrected chi connectivity index (χ3v) is 3.29. The summed E-state index contributed by atoms with van der Waals surface area (Å²) in [5.74, 6) is 1.31. The molecule has 0 N–H and O–H groups in total. The van der Waals surface area contributed by atoms with Crippen molar-refractivity contribution in [1.82, 2.24) is 0 Å². The van der Waals surface area contributed by atoms with Gasteiger partial charge >= 0.3 is 0 Å². The van der Waals surface area contributed by atoms with E-state index >= 15 is 0 Å². The minimum atomic E-state index is 0.104. The lowest BCUT2D eigenvalue weighted by Gasteiger charge is -2.12. The lowest BCUT2D eigenvalue weighted by atomic mass is 10.0. The number of hydrogen-bond donors (Lipinski definition) is 0. The van der Waals surface area contributed by atoms with E-state index < -0.39 is 0 Å². The van der Waals surface area contributed by atoms with Gasteiger partial charge in [0.2, 0.25) is 0 Å². The second kappa shape index (κ2) is 6.64. The van der Waals surface area contributed by atoms with Crippen LogP contribution in [0.3, 0.4) is 0 Å². The number of Topliss-reactive ketones (excluding diaryl/α,β-unsaturated/α-hetero) is 1. The Morgan fingerprint density at radius 3 is 2.53 bits per heavy atom. The Balaban J connectivity index is 3.07. The Morgan fingerprint density at radius 1 is 1.29 bits per heavy atom. The van der Waals surface area contributed by atoms with Crippen molar-refractivity contribution in [3.8, 4) is 11.5 Å². The fraction of sp³-hybridized carbons (Fsp3) is 0.462. The zero-order chi connectivity index (χ0) is 12.8. The molecule has 0 aliphatic heterocycles. The van der Waals surface area contributed by atoms with Crippen LogP contribution in [0.5, 0.6) is 11.5 Å². The van der Waals surface area contributed by atoms with Crippen molar-refractivity contribution in [3.63, 3.8) is 0 Å². The molecule has 0 amide bonds. The maximum atomic E-state index is 12.0. The molecule has 94 valence electrons. The first-order valence-electron chi connectivity index (χ1n) is 5.59. The molecule has 1 aromatic rings. The highest BCUT2D eigenvalue weighted by molar-refractivity contribution is 9.10. The normalized spacial score (nSPS) is 10.1. The van der Waals surface area contributed by atoms with Crippen molar-refractivity contribution >= 4 is 21.7 Å². The molecular weight excluding hydrogens is 284 g/mol. The molecule has 0 saturated carbocycles. The van der Waals surface area contributed by atoms with Crippen LogP contribution in [0.2, 0.25) is 0 Å². The van der Waals surface area contributed by atoms with Gasteiger partial charge < -0.3 is 9.47 Å². The topological polar surface area (TPSA) is 35.5 Å². The molecule has 0 aromatic heterocycles. The molecule has 0 saturated heterocycles. The molecule has 0 heterocycles. The Kier molecular flexibility index (Phi) is 5.48. The van der Waals surface area contributed by atoms with Crippen LogP contribution >= 0.6 is 15.9 Å². The molecule has 4 heteroatoms. The third-order valence-electron chi connectivity index (χ3n) is 2.54. The average molecular weight is 301 g/mol. The highest BCUT2D eigenvalue weighted by atomic mass is 79.9. The van der Waals surface area contributed by atoms with Crippen molar-refractivity contribution in [3.05, 3.63) is 22.2 Å². The smallest absolute Gasteiger partial charge is 0.166 e. The van der Waals surface area contributed by atoms with Crippen molar-refractivity contribution in [2.24, 2.45) is 0 Å². The van der Waals surface area contributed by atoms with Crippen molar-refractivity contribution < 1.29 is 14.3 Å². The standard InChI is InChI=1S/C13H17BrO3/c1-4-5-6-10(15)9-7-8-11(16-2)12(14)13(9)17-3/h7-8H,4-6H2,1-3H3. The predicted octanol–water partition coefficient (Wildman–Crippen LogP) is 3.84. The molecule has 0 spiro atoms. The summed E-state index contributed by atoms with van der Waals surface area (Å²) in [7, 11) is 3.13. The van der Waals surface area contributed by atoms with Gasteiger partial charge in [-0.15, -0.1) is 0 Å². The number of carbonyl (C=O) groups is 1. The van der Waals surface area contributed by atoms with E-state index in [-0.39, 0.29) is 5.78 Å². The van der Waals surface area contributed by atoms with E-state index in [4.69, 9.17) is 9.47 Å². The molecule has 0 radical (unpaired) electrons. The molecule has 0 aliphatic rings. The number of methoxy groups -OCH3 is 2. The maximum Gasteiger partial charge on any atom is 0.166 e. The zero-order valence-corrected chi connectivity index (χ0v) is 12.0. The number of hydrogen-bond acceptors (Lipinski definition) is 3. The average Bonchev–Trinajstić information content (AvgIpc) is 2.35. The summed E-state index contributed by atoms with van der Waals surface area (Å²) in [6.45, 7) is 2.06. The van der Waals surface area contributed by atoms with Crippen LogP contribution in [0.1, 0.15) is 36.5 Å². The molecule has 0 atom stereocenters. The molecule has 1 aromatic carbocycles. The summed E-state index contributed by atoms with van der Waals surface area (Å²) < 4.78 is 11.1. The van der Waals surface area contributed by atoms with E-state index in [2.05, 4.69) is 22.9 Å². The van der Waals surface area contributed by atoms with E-state index in [0.29, 0.717) is 28.0 Å². The van der Waals surface area contributed by atoms with Gasteiger partial charge in [0.15, 0.2) is 5.78 Å². The van der Waals surface area contributed by atoms with Crippen LogP contribution in [0.15, 0.2) is 16.6 Å². The summed E-state index contributed by atoms with van der Waals surface area (Å²) >= 11 is 3.39. The molecule has 0 bridgehead atoms. The Bertz CT molecular complexity index is 402. The molecule has 1 rings (SSSR count). The van der Waals surface area contributed by atoms with E-state index in [9.17, 15) is 4.79 Å². The van der Waals surface area contributed by atoms with Crippen LogP contribution in [-0.4, -0.2) is 20.0 Å². The first-order valence-corrected chi connectivity index (χ1v) is 6.38. The fourth-order valence-corrected chi connectivity index (χ4v) is 2.26. The van der Waals surface area contributed by atoms with Crippen LogP contribution in [-0.2, 0) is 0 Å². The highest BCUT2D eigenvalue weighted by Gasteiger charge is 2.17. The largest absolute Gasteiger partial charge is 0.495 e. The SMILES string of the molecule is CCCCC(=O)c1ccc(OC)c(Br)c1OC. The minimum Gasteiger partial charge on any atom is -0.495 e. The van der Waals surface area contributed by atoms with Crippen LogP contribution in [0.25, 0.3) is 0 Å². The molecular formula is C13H17BrO3.